The Balaban J connectivity index is 2.86. The molecule has 1 fully saturated rings. The highest BCUT2D eigenvalue weighted by molar-refractivity contribution is 6.07. The van der Waals surface area contributed by atoms with Crippen LogP contribution in [-0.2, 0) is 23.9 Å². The van der Waals surface area contributed by atoms with E-state index in [4.69, 9.17) is 4.74 Å². The summed E-state index contributed by atoms with van der Waals surface area (Å²) in [7, 11) is 1.23. The summed E-state index contributed by atoms with van der Waals surface area (Å²) in [5.74, 6) is -1.46. The van der Waals surface area contributed by atoms with E-state index in [1.165, 1.54) is 13.2 Å². The monoisotopic (exact) mass is 240 g/mol. The number of ketones is 1. The molecule has 0 radical (unpaired) electrons. The van der Waals surface area contributed by atoms with Crippen LogP contribution in [0.2, 0.25) is 0 Å². The SMILES string of the molecule is C=CCOC(=O)C1(CC(=O)OC)CCCC1=O. The standard InChI is InChI=1S/C12H16O5/c1-3-7-17-11(15)12(8-10(14)16-2)6-4-5-9(12)13/h3H,1,4-8H2,2H3. The molecule has 0 aromatic rings. The molecule has 94 valence electrons. The van der Waals surface area contributed by atoms with Crippen molar-refractivity contribution in [2.45, 2.75) is 25.7 Å². The molecule has 0 N–H and O–H groups in total. The van der Waals surface area contributed by atoms with Crippen LogP contribution < -0.4 is 0 Å². The summed E-state index contributed by atoms with van der Waals surface area (Å²) in [6.07, 6.45) is 2.43. The lowest BCUT2D eigenvalue weighted by Gasteiger charge is -2.23. The molecule has 1 unspecified atom stereocenters. The second-order valence-electron chi connectivity index (χ2n) is 4.00. The second-order valence-corrected chi connectivity index (χ2v) is 4.00. The predicted octanol–water partition coefficient (Wildman–Crippen LogP) is 1.02. The van der Waals surface area contributed by atoms with Gasteiger partial charge in [-0.3, -0.25) is 14.4 Å². The third-order valence-corrected chi connectivity index (χ3v) is 2.94. The molecular formula is C12H16O5. The predicted molar refractivity (Wildman–Crippen MR) is 59.1 cm³/mol. The summed E-state index contributed by atoms with van der Waals surface area (Å²) in [6, 6.07) is 0. The van der Waals surface area contributed by atoms with Crippen LogP contribution in [0.1, 0.15) is 25.7 Å². The van der Waals surface area contributed by atoms with Crippen molar-refractivity contribution in [2.24, 2.45) is 5.41 Å². The largest absolute Gasteiger partial charge is 0.469 e. The first kappa shape index (κ1) is 13.4. The Morgan fingerprint density at radius 2 is 2.24 bits per heavy atom. The summed E-state index contributed by atoms with van der Waals surface area (Å²) in [5.41, 5.74) is -1.34. The number of ether oxygens (including phenoxy) is 2. The van der Waals surface area contributed by atoms with E-state index in [-0.39, 0.29) is 18.8 Å². The summed E-state index contributed by atoms with van der Waals surface area (Å²) < 4.78 is 9.43. The molecular weight excluding hydrogens is 224 g/mol. The van der Waals surface area contributed by atoms with Crippen molar-refractivity contribution in [3.05, 3.63) is 12.7 Å². The first-order valence-electron chi connectivity index (χ1n) is 5.45. The van der Waals surface area contributed by atoms with E-state index in [1.54, 1.807) is 0 Å². The molecule has 0 bridgehead atoms. The van der Waals surface area contributed by atoms with Crippen LogP contribution in [-0.4, -0.2) is 31.4 Å². The molecule has 0 aromatic heterocycles. The van der Waals surface area contributed by atoms with Crippen molar-refractivity contribution in [1.29, 1.82) is 0 Å². The lowest BCUT2D eigenvalue weighted by atomic mass is 9.82. The Labute approximate surface area is 99.8 Å². The fourth-order valence-electron chi connectivity index (χ4n) is 2.00. The molecule has 1 atom stereocenters. The maximum Gasteiger partial charge on any atom is 0.320 e. The van der Waals surface area contributed by atoms with Crippen LogP contribution in [0.3, 0.4) is 0 Å². The Bertz CT molecular complexity index is 347. The molecule has 1 rings (SSSR count). The highest BCUT2D eigenvalue weighted by atomic mass is 16.5. The zero-order valence-electron chi connectivity index (χ0n) is 9.86. The Morgan fingerprint density at radius 3 is 2.71 bits per heavy atom. The number of methoxy groups -OCH3 is 1. The quantitative estimate of drug-likeness (QED) is 0.407. The van der Waals surface area contributed by atoms with E-state index < -0.39 is 17.4 Å². The van der Waals surface area contributed by atoms with Gasteiger partial charge in [0, 0.05) is 6.42 Å². The summed E-state index contributed by atoms with van der Waals surface area (Å²) in [5, 5.41) is 0. The molecule has 1 aliphatic rings. The number of esters is 2. The number of hydrogen-bond donors (Lipinski definition) is 0. The van der Waals surface area contributed by atoms with E-state index >= 15 is 0 Å². The molecule has 17 heavy (non-hydrogen) atoms. The van der Waals surface area contributed by atoms with Gasteiger partial charge in [-0.1, -0.05) is 12.7 Å². The maximum atomic E-state index is 11.9. The zero-order valence-corrected chi connectivity index (χ0v) is 9.86. The average Bonchev–Trinajstić information content (AvgIpc) is 2.68. The summed E-state index contributed by atoms with van der Waals surface area (Å²) in [4.78, 5) is 35.0. The van der Waals surface area contributed by atoms with Crippen molar-refractivity contribution < 1.29 is 23.9 Å². The van der Waals surface area contributed by atoms with Gasteiger partial charge < -0.3 is 9.47 Å². The van der Waals surface area contributed by atoms with Gasteiger partial charge in [0.05, 0.1) is 13.5 Å². The fourth-order valence-corrected chi connectivity index (χ4v) is 2.00. The van der Waals surface area contributed by atoms with E-state index in [1.807, 2.05) is 0 Å². The van der Waals surface area contributed by atoms with Crippen molar-refractivity contribution in [2.75, 3.05) is 13.7 Å². The van der Waals surface area contributed by atoms with E-state index in [0.29, 0.717) is 19.3 Å². The molecule has 0 spiro atoms. The fraction of sp³-hybridized carbons (Fsp3) is 0.583. The minimum atomic E-state index is -1.34. The average molecular weight is 240 g/mol. The minimum absolute atomic E-state index is 0.0367. The van der Waals surface area contributed by atoms with Crippen LogP contribution >= 0.6 is 0 Å². The first-order chi connectivity index (χ1) is 8.06. The normalized spacial score (nSPS) is 23.2. The molecule has 5 nitrogen and oxygen atoms in total. The van der Waals surface area contributed by atoms with Gasteiger partial charge in [0.15, 0.2) is 5.78 Å². The van der Waals surface area contributed by atoms with Gasteiger partial charge >= 0.3 is 11.9 Å². The number of rotatable bonds is 5. The summed E-state index contributed by atoms with van der Waals surface area (Å²) >= 11 is 0. The van der Waals surface area contributed by atoms with Crippen LogP contribution in [0.25, 0.3) is 0 Å². The van der Waals surface area contributed by atoms with E-state index in [2.05, 4.69) is 11.3 Å². The lowest BCUT2D eigenvalue weighted by Crippen LogP contribution is -2.39. The van der Waals surface area contributed by atoms with Gasteiger partial charge in [-0.25, -0.2) is 0 Å². The van der Waals surface area contributed by atoms with Gasteiger partial charge in [-0.2, -0.15) is 0 Å². The zero-order chi connectivity index (χ0) is 12.9. The van der Waals surface area contributed by atoms with Gasteiger partial charge in [-0.15, -0.1) is 0 Å². The Hall–Kier alpha value is -1.65. The van der Waals surface area contributed by atoms with Crippen LogP contribution in [0, 0.1) is 5.41 Å². The molecule has 0 heterocycles. The smallest absolute Gasteiger partial charge is 0.320 e. The van der Waals surface area contributed by atoms with E-state index in [0.717, 1.165) is 0 Å². The maximum absolute atomic E-state index is 11.9. The van der Waals surface area contributed by atoms with E-state index in [9.17, 15) is 14.4 Å². The van der Waals surface area contributed by atoms with Crippen LogP contribution in [0.15, 0.2) is 12.7 Å². The van der Waals surface area contributed by atoms with Gasteiger partial charge in [0.25, 0.3) is 0 Å². The van der Waals surface area contributed by atoms with Crippen molar-refractivity contribution >= 4 is 17.7 Å². The topological polar surface area (TPSA) is 69.7 Å². The Morgan fingerprint density at radius 1 is 1.53 bits per heavy atom. The van der Waals surface area contributed by atoms with Crippen LogP contribution in [0.5, 0.6) is 0 Å². The van der Waals surface area contributed by atoms with Crippen LogP contribution in [0.4, 0.5) is 0 Å². The number of hydrogen-bond acceptors (Lipinski definition) is 5. The molecule has 0 amide bonds. The summed E-state index contributed by atoms with van der Waals surface area (Å²) in [6.45, 7) is 3.46. The highest BCUT2D eigenvalue weighted by Gasteiger charge is 2.51. The van der Waals surface area contributed by atoms with Gasteiger partial charge in [-0.05, 0) is 12.8 Å². The minimum Gasteiger partial charge on any atom is -0.469 e. The van der Waals surface area contributed by atoms with Crippen molar-refractivity contribution in [3.63, 3.8) is 0 Å². The highest BCUT2D eigenvalue weighted by Crippen LogP contribution is 2.39. The molecule has 0 aromatic carbocycles. The molecule has 5 heteroatoms. The third-order valence-electron chi connectivity index (χ3n) is 2.94. The number of carbonyl (C=O) groups is 3. The molecule has 1 saturated carbocycles. The van der Waals surface area contributed by atoms with Gasteiger partial charge in [0.2, 0.25) is 0 Å². The lowest BCUT2D eigenvalue weighted by molar-refractivity contribution is -0.164. The van der Waals surface area contributed by atoms with Crippen molar-refractivity contribution in [3.8, 4) is 0 Å². The third kappa shape index (κ3) is 2.72. The molecule has 1 aliphatic carbocycles. The second kappa shape index (κ2) is 5.61. The first-order valence-corrected chi connectivity index (χ1v) is 5.45. The molecule has 0 aliphatic heterocycles. The molecule has 0 saturated heterocycles. The Kier molecular flexibility index (Phi) is 4.43. The number of Topliss-reactive ketones (excluding diaryl/α,β-unsaturated/α-hetero) is 1. The van der Waals surface area contributed by atoms with Gasteiger partial charge in [0.1, 0.15) is 12.0 Å². The number of carbonyl (C=O) groups excluding carboxylic acids is 3. The van der Waals surface area contributed by atoms with Crippen molar-refractivity contribution in [1.82, 2.24) is 0 Å².